The summed E-state index contributed by atoms with van der Waals surface area (Å²) < 4.78 is 37.5. The molecule has 16 aromatic rings. The highest BCUT2D eigenvalue weighted by Crippen LogP contribution is 2.46. The lowest BCUT2D eigenvalue weighted by atomic mass is 10.1. The zero-order chi connectivity index (χ0) is 89.0. The third-order valence-corrected chi connectivity index (χ3v) is 20.9. The Balaban J connectivity index is 0.000000127. The van der Waals surface area contributed by atoms with Gasteiger partial charge in [0.05, 0.1) is 103 Å². The van der Waals surface area contributed by atoms with Gasteiger partial charge in [0, 0.05) is 204 Å². The Morgan fingerprint density at radius 3 is 1.43 bits per heavy atom. The van der Waals surface area contributed by atoms with Crippen LogP contribution < -0.4 is 40.2 Å². The lowest BCUT2D eigenvalue weighted by molar-refractivity contribution is 0.0301. The Morgan fingerprint density at radius 2 is 0.946 bits per heavy atom. The lowest BCUT2D eigenvalue weighted by Crippen LogP contribution is -2.40. The van der Waals surface area contributed by atoms with Crippen LogP contribution in [-0.2, 0) is 36.8 Å². The summed E-state index contributed by atoms with van der Waals surface area (Å²) in [4.78, 5) is 82.2. The fourth-order valence-electron chi connectivity index (χ4n) is 14.1. The van der Waals surface area contributed by atoms with Crippen molar-refractivity contribution in [3.05, 3.63) is 276 Å². The molecule has 3 aliphatic rings. The highest BCUT2D eigenvalue weighted by molar-refractivity contribution is 6.35. The van der Waals surface area contributed by atoms with E-state index in [0.29, 0.717) is 134 Å². The number of ether oxygens (including phenoxy) is 6. The molecule has 10 heterocycles. The van der Waals surface area contributed by atoms with Crippen LogP contribution in [0, 0.1) is 31.6 Å². The molecule has 1 aliphatic carbocycles. The summed E-state index contributed by atoms with van der Waals surface area (Å²) in [5.41, 5.74) is 16.0. The zero-order valence-electron chi connectivity index (χ0n) is 70.5. The summed E-state index contributed by atoms with van der Waals surface area (Å²) in [5.74, 6) is 10.2. The van der Waals surface area contributed by atoms with Gasteiger partial charge in [-0.05, 0) is 151 Å². The minimum absolute atomic E-state index is 0.00104. The highest BCUT2D eigenvalue weighted by Gasteiger charge is 2.29. The molecule has 19 rings (SSSR count). The number of rotatable bonds is 25. The van der Waals surface area contributed by atoms with Gasteiger partial charge >= 0.3 is 0 Å². The number of aliphatic hydroxyl groups excluding tert-OH is 2. The Labute approximate surface area is 746 Å². The van der Waals surface area contributed by atoms with E-state index in [-0.39, 0.29) is 38.2 Å². The molecular formula is C96H87ClN22O10. The van der Waals surface area contributed by atoms with E-state index in [2.05, 4.69) is 104 Å². The molecule has 0 spiro atoms. The number of halogens is 1. The number of benzene rings is 8. The molecule has 33 heteroatoms. The van der Waals surface area contributed by atoms with E-state index in [9.17, 15) is 9.59 Å². The molecule has 3 fully saturated rings. The van der Waals surface area contributed by atoms with Crippen LogP contribution in [-0.4, -0.2) is 190 Å². The standard InChI is InChI=1S/C27H26N6O3.C25H24N6O3.C22H18ClN5O2.C22H19N5O2/c34-26(33-8-10-35-11-9-33)19-2-1-3-21(12-19)31-27-30-15-20-13-23(18-4-5-18)25(14-24(20)32-27)36-17-22-16-28-6-7-29-22;1-17-11-19-14-28-25(30-22(19)13-23(17)34-16-21-15-26-5-6-27-21)29-20-4-2-3-18(12-20)24(32)31-7-9-33-10-8-31;1-3-14-6-16-11-24-22(27-21(16)20(23)7-14)26-18-8-15(17-12-25-28(2)13-17)9-19(10-18)30-5-4-29;1-3-15-4-5-21-17(8-15)12-23-22(26-21)25-19-9-16(18-13-24-27(2)14-18)10-20(11-19)29-7-6-28/h1-3,6-7,12-16,18H,4-5,8-11,17H2,(H,30,31,32);2-6,11-15H,7-10,16H2,1H3,(H,28,29,30);1,6-13,29H,4-5H2,2H3,(H,24,26,27);1,4-5,8-14,28H,6-7H2,2H3,(H,23,25,26). The van der Waals surface area contributed by atoms with Crippen molar-refractivity contribution >= 4 is 114 Å². The molecule has 1 saturated carbocycles. The molecule has 0 radical (unpaired) electrons. The maximum atomic E-state index is 12.9. The van der Waals surface area contributed by atoms with Crippen LogP contribution in [0.25, 0.3) is 65.9 Å². The largest absolute Gasteiger partial charge is 0.491 e. The third kappa shape index (κ3) is 22.9. The van der Waals surface area contributed by atoms with Crippen molar-refractivity contribution in [2.24, 2.45) is 14.1 Å². The van der Waals surface area contributed by atoms with Gasteiger partial charge in [-0.2, -0.15) is 10.2 Å². The second kappa shape index (κ2) is 41.4. The molecule has 6 N–H and O–H groups in total. The smallest absolute Gasteiger partial charge is 0.254 e. The first-order chi connectivity index (χ1) is 63.1. The molecule has 8 aromatic carbocycles. The monoisotopic (exact) mass is 1740 g/mol. The van der Waals surface area contributed by atoms with Crippen LogP contribution in [0.5, 0.6) is 23.0 Å². The van der Waals surface area contributed by atoms with Crippen molar-refractivity contribution in [2.45, 2.75) is 38.9 Å². The van der Waals surface area contributed by atoms with E-state index < -0.39 is 0 Å². The minimum atomic E-state index is -0.0776. The predicted octanol–water partition coefficient (Wildman–Crippen LogP) is 14.5. The number of hydrogen-bond acceptors (Lipinski definition) is 28. The Hall–Kier alpha value is -15.7. The number of terminal acetylenes is 2. The molecule has 2 amide bonds. The molecule has 648 valence electrons. The van der Waals surface area contributed by atoms with E-state index >= 15 is 0 Å². The minimum Gasteiger partial charge on any atom is -0.491 e. The average Bonchev–Trinajstić information content (AvgIpc) is 1.65. The first-order valence-electron chi connectivity index (χ1n) is 41.4. The molecule has 32 nitrogen and oxygen atoms in total. The fraction of sp³-hybridized carbons (Fsp3) is 0.208. The maximum Gasteiger partial charge on any atom is 0.254 e. The van der Waals surface area contributed by atoms with E-state index in [1.807, 2.05) is 172 Å². The summed E-state index contributed by atoms with van der Waals surface area (Å²) in [5, 5.41) is 43.4. The van der Waals surface area contributed by atoms with Crippen molar-refractivity contribution in [1.29, 1.82) is 0 Å². The van der Waals surface area contributed by atoms with Crippen molar-refractivity contribution in [3.63, 3.8) is 0 Å². The Morgan fingerprint density at radius 1 is 0.473 bits per heavy atom. The quantitative estimate of drug-likeness (QED) is 0.0289. The van der Waals surface area contributed by atoms with Crippen molar-refractivity contribution in [1.82, 2.24) is 89.2 Å². The molecule has 8 aromatic heterocycles. The van der Waals surface area contributed by atoms with Gasteiger partial charge in [0.2, 0.25) is 23.8 Å². The number of morpholine rings is 2. The second-order valence-electron chi connectivity index (χ2n) is 30.0. The topological polar surface area (TPSA) is 375 Å². The summed E-state index contributed by atoms with van der Waals surface area (Å²) >= 11 is 6.34. The van der Waals surface area contributed by atoms with Crippen molar-refractivity contribution in [2.75, 3.05) is 100 Å². The predicted molar refractivity (Wildman–Crippen MR) is 490 cm³/mol. The second-order valence-corrected chi connectivity index (χ2v) is 30.4. The lowest BCUT2D eigenvalue weighted by Gasteiger charge is -2.27. The van der Waals surface area contributed by atoms with Gasteiger partial charge in [0.1, 0.15) is 49.4 Å². The summed E-state index contributed by atoms with van der Waals surface area (Å²) in [7, 11) is 3.72. The molecular weight excluding hydrogens is 1660 g/mol. The van der Waals surface area contributed by atoms with Crippen LogP contribution in [0.1, 0.15) is 73.1 Å². The van der Waals surface area contributed by atoms with E-state index in [1.165, 1.54) is 5.56 Å². The van der Waals surface area contributed by atoms with Crippen molar-refractivity contribution in [3.8, 4) is 69.9 Å². The van der Waals surface area contributed by atoms with Crippen LogP contribution in [0.4, 0.5) is 46.5 Å². The highest BCUT2D eigenvalue weighted by atomic mass is 35.5. The number of aryl methyl sites for hydroxylation is 3. The van der Waals surface area contributed by atoms with Crippen LogP contribution in [0.15, 0.2) is 226 Å². The normalized spacial score (nSPS) is 12.8. The third-order valence-electron chi connectivity index (χ3n) is 20.6. The molecule has 0 unspecified atom stereocenters. The maximum absolute atomic E-state index is 12.9. The number of amides is 2. The number of carbonyl (C=O) groups is 2. The van der Waals surface area contributed by atoms with Crippen LogP contribution >= 0.6 is 11.6 Å². The van der Waals surface area contributed by atoms with Gasteiger partial charge in [0.25, 0.3) is 11.8 Å². The average molecular weight is 1740 g/mol. The Bertz CT molecular complexity index is 6780. The first-order valence-corrected chi connectivity index (χ1v) is 41.7. The van der Waals surface area contributed by atoms with Crippen LogP contribution in [0.2, 0.25) is 5.02 Å². The molecule has 0 bridgehead atoms. The van der Waals surface area contributed by atoms with Gasteiger partial charge in [-0.3, -0.25) is 38.9 Å². The number of nitrogens with zero attached hydrogens (tertiary/aromatic N) is 18. The SMILES string of the molecule is C#Cc1cc(Cl)c2nc(Nc3cc(OCCO)cc(-c4cnn(C)c4)c3)ncc2c1.C#Cc1ccc2nc(Nc3cc(OCCO)cc(-c4cnn(C)c4)c3)ncc2c1.Cc1cc2cnc(Nc3cccc(C(=O)N4CCOCC4)c3)nc2cc1OCc1cnccn1.O=C(c1cccc(Nc2ncc3cc(C4CC4)c(OCc4cnccn4)cc3n2)c1)N1CCOCC1. The number of aliphatic hydroxyl groups is 2. The van der Waals surface area contributed by atoms with Gasteiger partial charge in [-0.25, -0.2) is 39.9 Å². The number of anilines is 8. The fourth-order valence-corrected chi connectivity index (χ4v) is 14.4. The van der Waals surface area contributed by atoms with E-state index in [1.54, 1.807) is 88.5 Å². The van der Waals surface area contributed by atoms with E-state index in [4.69, 9.17) is 68.1 Å². The summed E-state index contributed by atoms with van der Waals surface area (Å²) in [6.45, 7) is 7.60. The number of carbonyl (C=O) groups excluding carboxylic acids is 2. The number of aromatic nitrogens is 16. The number of fused-ring (bicyclic) bond motifs is 4. The molecule has 2 saturated heterocycles. The van der Waals surface area contributed by atoms with Gasteiger partial charge < -0.3 is 69.7 Å². The van der Waals surface area contributed by atoms with Gasteiger partial charge in [-0.1, -0.05) is 35.6 Å². The first kappa shape index (κ1) is 86.8. The van der Waals surface area contributed by atoms with Gasteiger partial charge in [0.15, 0.2) is 0 Å². The van der Waals surface area contributed by atoms with Gasteiger partial charge in [-0.15, -0.1) is 12.8 Å². The molecule has 2 aliphatic heterocycles. The number of hydrogen-bond donors (Lipinski definition) is 6. The summed E-state index contributed by atoms with van der Waals surface area (Å²) in [6, 6.07) is 43.2. The van der Waals surface area contributed by atoms with Crippen LogP contribution in [0.3, 0.4) is 0 Å². The Kier molecular flexibility index (Phi) is 27.9. The van der Waals surface area contributed by atoms with E-state index in [0.717, 1.165) is 130 Å². The molecule has 0 atom stereocenters. The number of nitrogens with one attached hydrogen (secondary N) is 4. The summed E-state index contributed by atoms with van der Waals surface area (Å²) in [6.07, 6.45) is 37.6. The molecule has 129 heavy (non-hydrogen) atoms. The zero-order valence-corrected chi connectivity index (χ0v) is 71.3. The van der Waals surface area contributed by atoms with Crippen molar-refractivity contribution < 1.29 is 48.2 Å².